The van der Waals surface area contributed by atoms with Crippen molar-refractivity contribution in [1.82, 2.24) is 4.98 Å². The molecule has 3 heteroatoms. The summed E-state index contributed by atoms with van der Waals surface area (Å²) in [4.78, 5) is 4.29. The van der Waals surface area contributed by atoms with E-state index in [4.69, 9.17) is 10.00 Å². The van der Waals surface area contributed by atoms with Gasteiger partial charge in [0, 0.05) is 11.1 Å². The van der Waals surface area contributed by atoms with Gasteiger partial charge in [0.25, 0.3) is 0 Å². The van der Waals surface area contributed by atoms with Gasteiger partial charge in [-0.3, -0.25) is 0 Å². The lowest BCUT2D eigenvalue weighted by atomic mass is 9.91. The van der Waals surface area contributed by atoms with Gasteiger partial charge < -0.3 is 4.74 Å². The van der Waals surface area contributed by atoms with Crippen LogP contribution in [0.25, 0.3) is 0 Å². The van der Waals surface area contributed by atoms with E-state index in [-0.39, 0.29) is 5.41 Å². The molecule has 0 unspecified atom stereocenters. The molecule has 0 aliphatic rings. The highest BCUT2D eigenvalue weighted by Crippen LogP contribution is 2.24. The van der Waals surface area contributed by atoms with Gasteiger partial charge in [-0.2, -0.15) is 5.26 Å². The smallest absolute Gasteiger partial charge is 0.231 e. The van der Waals surface area contributed by atoms with E-state index >= 15 is 0 Å². The second kappa shape index (κ2) is 3.67. The molecule has 0 radical (unpaired) electrons. The number of hydrogen-bond donors (Lipinski definition) is 0. The van der Waals surface area contributed by atoms with E-state index in [9.17, 15) is 0 Å². The minimum Gasteiger partial charge on any atom is -0.480 e. The standard InChI is InChI=1S/C11H14N2O/c1-11(2,3)9-6-5-8(7-12)10(13-9)14-4/h5-6H,1-4H3. The van der Waals surface area contributed by atoms with Crippen molar-refractivity contribution in [2.75, 3.05) is 7.11 Å². The molecular weight excluding hydrogens is 176 g/mol. The topological polar surface area (TPSA) is 45.9 Å². The molecule has 0 amide bonds. The highest BCUT2D eigenvalue weighted by molar-refractivity contribution is 5.39. The summed E-state index contributed by atoms with van der Waals surface area (Å²) in [5.74, 6) is 0.403. The van der Waals surface area contributed by atoms with E-state index in [1.165, 1.54) is 7.11 Å². The Morgan fingerprint density at radius 3 is 2.43 bits per heavy atom. The summed E-state index contributed by atoms with van der Waals surface area (Å²) >= 11 is 0. The summed E-state index contributed by atoms with van der Waals surface area (Å²) in [6.45, 7) is 6.21. The molecule has 74 valence electrons. The van der Waals surface area contributed by atoms with Gasteiger partial charge >= 0.3 is 0 Å². The van der Waals surface area contributed by atoms with Crippen LogP contribution in [-0.4, -0.2) is 12.1 Å². The lowest BCUT2D eigenvalue weighted by Gasteiger charge is -2.18. The molecule has 0 N–H and O–H groups in total. The molecule has 14 heavy (non-hydrogen) atoms. The molecule has 0 saturated carbocycles. The van der Waals surface area contributed by atoms with Crippen LogP contribution in [0.2, 0.25) is 0 Å². The van der Waals surface area contributed by atoms with E-state index in [2.05, 4.69) is 25.8 Å². The molecule has 1 rings (SSSR count). The fourth-order valence-electron chi connectivity index (χ4n) is 1.10. The van der Waals surface area contributed by atoms with E-state index in [0.717, 1.165) is 5.69 Å². The fourth-order valence-corrected chi connectivity index (χ4v) is 1.10. The Morgan fingerprint density at radius 1 is 1.36 bits per heavy atom. The molecule has 3 nitrogen and oxygen atoms in total. The summed E-state index contributed by atoms with van der Waals surface area (Å²) < 4.78 is 5.04. The van der Waals surface area contributed by atoms with Crippen molar-refractivity contribution in [1.29, 1.82) is 5.26 Å². The monoisotopic (exact) mass is 190 g/mol. The van der Waals surface area contributed by atoms with Gasteiger partial charge in [0.2, 0.25) is 5.88 Å². The summed E-state index contributed by atoms with van der Waals surface area (Å²) in [7, 11) is 1.52. The Kier molecular flexibility index (Phi) is 2.76. The fraction of sp³-hybridized carbons (Fsp3) is 0.455. The molecule has 1 aromatic heterocycles. The lowest BCUT2D eigenvalue weighted by Crippen LogP contribution is -2.14. The Morgan fingerprint density at radius 2 is 2.00 bits per heavy atom. The lowest BCUT2D eigenvalue weighted by molar-refractivity contribution is 0.390. The van der Waals surface area contributed by atoms with Gasteiger partial charge in [-0.15, -0.1) is 0 Å². The van der Waals surface area contributed by atoms with Crippen LogP contribution >= 0.6 is 0 Å². The number of methoxy groups -OCH3 is 1. The summed E-state index contributed by atoms with van der Waals surface area (Å²) in [6.07, 6.45) is 0. The van der Waals surface area contributed by atoms with E-state index < -0.39 is 0 Å². The number of nitriles is 1. The first-order valence-corrected chi connectivity index (χ1v) is 4.44. The zero-order valence-corrected chi connectivity index (χ0v) is 8.96. The minimum absolute atomic E-state index is 0.0265. The Bertz CT molecular complexity index is 372. The van der Waals surface area contributed by atoms with Crippen LogP contribution in [0, 0.1) is 11.3 Å². The second-order valence-corrected chi connectivity index (χ2v) is 4.12. The zero-order valence-electron chi connectivity index (χ0n) is 8.96. The third-order valence-corrected chi connectivity index (χ3v) is 1.94. The van der Waals surface area contributed by atoms with E-state index in [1.807, 2.05) is 12.1 Å². The highest BCUT2D eigenvalue weighted by atomic mass is 16.5. The first-order valence-electron chi connectivity index (χ1n) is 4.44. The van der Waals surface area contributed by atoms with Crippen molar-refractivity contribution < 1.29 is 4.74 Å². The maximum absolute atomic E-state index is 8.77. The van der Waals surface area contributed by atoms with Crippen molar-refractivity contribution in [3.8, 4) is 11.9 Å². The van der Waals surface area contributed by atoms with Crippen molar-refractivity contribution in [3.63, 3.8) is 0 Å². The van der Waals surface area contributed by atoms with Crippen LogP contribution in [0.5, 0.6) is 5.88 Å². The van der Waals surface area contributed by atoms with Gasteiger partial charge in [-0.1, -0.05) is 20.8 Å². The number of hydrogen-bond acceptors (Lipinski definition) is 3. The average Bonchev–Trinajstić information content (AvgIpc) is 2.15. The van der Waals surface area contributed by atoms with Gasteiger partial charge in [0.05, 0.1) is 7.11 Å². The third kappa shape index (κ3) is 2.02. The first kappa shape index (κ1) is 10.5. The van der Waals surface area contributed by atoms with Crippen LogP contribution in [0.15, 0.2) is 12.1 Å². The predicted octanol–water partition coefficient (Wildman–Crippen LogP) is 2.26. The number of ether oxygens (including phenoxy) is 1. The average molecular weight is 190 g/mol. The molecule has 0 spiro atoms. The molecule has 0 bridgehead atoms. The maximum atomic E-state index is 8.77. The van der Waals surface area contributed by atoms with Crippen molar-refractivity contribution in [2.45, 2.75) is 26.2 Å². The molecule has 0 atom stereocenters. The minimum atomic E-state index is -0.0265. The molecule has 1 heterocycles. The molecule has 0 fully saturated rings. The van der Waals surface area contributed by atoms with Crippen LogP contribution in [0.3, 0.4) is 0 Å². The highest BCUT2D eigenvalue weighted by Gasteiger charge is 2.17. The quantitative estimate of drug-likeness (QED) is 0.682. The number of aromatic nitrogens is 1. The van der Waals surface area contributed by atoms with Crippen LogP contribution in [-0.2, 0) is 5.41 Å². The molecule has 1 aromatic rings. The SMILES string of the molecule is COc1nc(C(C)(C)C)ccc1C#N. The van der Waals surface area contributed by atoms with Crippen molar-refractivity contribution in [2.24, 2.45) is 0 Å². The molecule has 0 aliphatic carbocycles. The van der Waals surface area contributed by atoms with Crippen molar-refractivity contribution >= 4 is 0 Å². The van der Waals surface area contributed by atoms with Gasteiger partial charge in [0.1, 0.15) is 11.6 Å². The summed E-state index contributed by atoms with van der Waals surface area (Å²) in [5, 5.41) is 8.77. The molecule has 0 saturated heterocycles. The van der Waals surface area contributed by atoms with Crippen LogP contribution in [0.1, 0.15) is 32.0 Å². The van der Waals surface area contributed by atoms with Gasteiger partial charge in [0.15, 0.2) is 0 Å². The van der Waals surface area contributed by atoms with Crippen LogP contribution in [0.4, 0.5) is 0 Å². The molecular formula is C11H14N2O. The summed E-state index contributed by atoms with van der Waals surface area (Å²) in [6, 6.07) is 5.64. The first-order chi connectivity index (χ1) is 6.49. The Hall–Kier alpha value is -1.56. The zero-order chi connectivity index (χ0) is 10.8. The van der Waals surface area contributed by atoms with E-state index in [0.29, 0.717) is 11.4 Å². The van der Waals surface area contributed by atoms with Gasteiger partial charge in [-0.25, -0.2) is 4.98 Å². The number of nitrogens with zero attached hydrogens (tertiary/aromatic N) is 2. The third-order valence-electron chi connectivity index (χ3n) is 1.94. The second-order valence-electron chi connectivity index (χ2n) is 4.12. The van der Waals surface area contributed by atoms with Crippen LogP contribution < -0.4 is 4.74 Å². The normalized spacial score (nSPS) is 10.8. The number of pyridine rings is 1. The Balaban J connectivity index is 3.23. The Labute approximate surface area is 84.3 Å². The molecule has 0 aliphatic heterocycles. The summed E-state index contributed by atoms with van der Waals surface area (Å²) in [5.41, 5.74) is 1.37. The van der Waals surface area contributed by atoms with Crippen molar-refractivity contribution in [3.05, 3.63) is 23.4 Å². The van der Waals surface area contributed by atoms with Gasteiger partial charge in [-0.05, 0) is 12.1 Å². The molecule has 0 aromatic carbocycles. The number of rotatable bonds is 1. The maximum Gasteiger partial charge on any atom is 0.231 e. The largest absolute Gasteiger partial charge is 0.480 e. The predicted molar refractivity (Wildman–Crippen MR) is 54.2 cm³/mol. The van der Waals surface area contributed by atoms with E-state index in [1.54, 1.807) is 6.07 Å².